The number of amides is 1. The van der Waals surface area contributed by atoms with Crippen molar-refractivity contribution in [2.45, 2.75) is 6.41 Å². The molecular weight excluding hydrogens is 314 g/mol. The van der Waals surface area contributed by atoms with Gasteiger partial charge in [-0.15, -0.1) is 0 Å². The maximum Gasteiger partial charge on any atom is 0.512 e. The van der Waals surface area contributed by atoms with E-state index in [2.05, 4.69) is 4.74 Å². The van der Waals surface area contributed by atoms with Crippen LogP contribution in [0.4, 0.5) is 15.3 Å². The van der Waals surface area contributed by atoms with Gasteiger partial charge in [0.2, 0.25) is 0 Å². The summed E-state index contributed by atoms with van der Waals surface area (Å²) in [6.45, 7) is 0. The van der Waals surface area contributed by atoms with E-state index < -0.39 is 18.7 Å². The molecule has 0 aliphatic carbocycles. The summed E-state index contributed by atoms with van der Waals surface area (Å²) < 4.78 is 19.7. The molecule has 0 radical (unpaired) electrons. The van der Waals surface area contributed by atoms with Gasteiger partial charge in [0.25, 0.3) is 0 Å². The van der Waals surface area contributed by atoms with Crippen LogP contribution in [0.5, 0.6) is 0 Å². The maximum atomic E-state index is 12.3. The van der Waals surface area contributed by atoms with Gasteiger partial charge in [-0.25, -0.2) is 14.5 Å². The molecule has 1 heterocycles. The molecule has 1 atom stereocenters. The molecule has 0 saturated heterocycles. The van der Waals surface area contributed by atoms with Crippen molar-refractivity contribution in [2.75, 3.05) is 19.1 Å². The number of anilines is 1. The first-order valence-corrected chi connectivity index (χ1v) is 7.11. The first kappa shape index (κ1) is 15.7. The zero-order chi connectivity index (χ0) is 17.1. The van der Waals surface area contributed by atoms with Gasteiger partial charge in [0, 0.05) is 5.56 Å². The lowest BCUT2D eigenvalue weighted by Gasteiger charge is -2.27. The summed E-state index contributed by atoms with van der Waals surface area (Å²) in [5.74, 6) is 0. The number of ether oxygens (including phenoxy) is 4. The number of hydrogen-bond acceptors (Lipinski definition) is 6. The second-order valence-electron chi connectivity index (χ2n) is 4.88. The smallest absolute Gasteiger partial charge is 0.452 e. The van der Waals surface area contributed by atoms with Crippen molar-refractivity contribution < 1.29 is 28.5 Å². The summed E-state index contributed by atoms with van der Waals surface area (Å²) in [6, 6.07) is 11.3. The van der Waals surface area contributed by atoms with E-state index in [1.165, 1.54) is 20.5 Å². The fourth-order valence-electron chi connectivity index (χ4n) is 2.51. The van der Waals surface area contributed by atoms with Crippen molar-refractivity contribution in [2.24, 2.45) is 0 Å². The molecule has 0 aromatic heterocycles. The Bertz CT molecular complexity index is 816. The number of hydrogen-bond donors (Lipinski definition) is 0. The van der Waals surface area contributed by atoms with Crippen molar-refractivity contribution in [3.63, 3.8) is 0 Å². The van der Waals surface area contributed by atoms with Crippen LogP contribution in [-0.4, -0.2) is 32.9 Å². The first-order valence-electron chi connectivity index (χ1n) is 7.11. The van der Waals surface area contributed by atoms with Crippen LogP contribution < -0.4 is 4.90 Å². The van der Waals surface area contributed by atoms with Crippen molar-refractivity contribution in [1.82, 2.24) is 0 Å². The zero-order valence-corrected chi connectivity index (χ0v) is 13.1. The Hall–Kier alpha value is -3.22. The van der Waals surface area contributed by atoms with E-state index in [0.717, 1.165) is 21.2 Å². The molecule has 2 aromatic carbocycles. The standard InChI is InChI=1S/C17H15NO6/c1-21-15(19)18-14-8-7-11-5-3-4-6-12(11)13(14)9-10-23-16(18)24-17(20)22-2/h3-10,16H,1-2H3. The normalized spacial score (nSPS) is 15.9. The lowest BCUT2D eigenvalue weighted by atomic mass is 10.0. The first-order chi connectivity index (χ1) is 11.7. The van der Waals surface area contributed by atoms with E-state index in [0.29, 0.717) is 5.69 Å². The zero-order valence-electron chi connectivity index (χ0n) is 13.1. The highest BCUT2D eigenvalue weighted by atomic mass is 16.8. The van der Waals surface area contributed by atoms with Gasteiger partial charge < -0.3 is 18.9 Å². The fraction of sp³-hybridized carbons (Fsp3) is 0.176. The van der Waals surface area contributed by atoms with Gasteiger partial charge in [-0.1, -0.05) is 30.3 Å². The molecule has 1 aliphatic rings. The number of benzene rings is 2. The molecule has 124 valence electrons. The average Bonchev–Trinajstić information content (AvgIpc) is 2.80. The van der Waals surface area contributed by atoms with E-state index in [9.17, 15) is 9.59 Å². The highest BCUT2D eigenvalue weighted by Gasteiger charge is 2.34. The summed E-state index contributed by atoms with van der Waals surface area (Å²) in [7, 11) is 2.40. The van der Waals surface area contributed by atoms with E-state index >= 15 is 0 Å². The van der Waals surface area contributed by atoms with Crippen LogP contribution in [0.1, 0.15) is 5.56 Å². The minimum absolute atomic E-state index is 0.489. The molecule has 1 amide bonds. The summed E-state index contributed by atoms with van der Waals surface area (Å²) in [6.07, 6.45) is 0.00928. The summed E-state index contributed by atoms with van der Waals surface area (Å²) in [4.78, 5) is 24.8. The van der Waals surface area contributed by atoms with Crippen LogP contribution in [0.2, 0.25) is 0 Å². The van der Waals surface area contributed by atoms with Gasteiger partial charge in [0.15, 0.2) is 0 Å². The van der Waals surface area contributed by atoms with Crippen LogP contribution in [0.15, 0.2) is 42.7 Å². The number of methoxy groups -OCH3 is 2. The molecule has 0 spiro atoms. The van der Waals surface area contributed by atoms with Crippen LogP contribution in [0.3, 0.4) is 0 Å². The third-order valence-corrected chi connectivity index (χ3v) is 3.58. The molecule has 1 aliphatic heterocycles. The lowest BCUT2D eigenvalue weighted by Crippen LogP contribution is -2.44. The Balaban J connectivity index is 2.14. The molecule has 24 heavy (non-hydrogen) atoms. The van der Waals surface area contributed by atoms with Crippen molar-refractivity contribution in [1.29, 1.82) is 0 Å². The summed E-state index contributed by atoms with van der Waals surface area (Å²) in [5, 5.41) is 1.92. The predicted octanol–water partition coefficient (Wildman–Crippen LogP) is 3.48. The van der Waals surface area contributed by atoms with E-state index in [4.69, 9.17) is 14.2 Å². The van der Waals surface area contributed by atoms with E-state index in [-0.39, 0.29) is 0 Å². The molecule has 0 saturated carbocycles. The molecule has 0 N–H and O–H groups in total. The Morgan fingerprint density at radius 2 is 1.88 bits per heavy atom. The van der Waals surface area contributed by atoms with Gasteiger partial charge in [-0.3, -0.25) is 0 Å². The SMILES string of the molecule is COC(=O)OC1OC=Cc2c(ccc3ccccc23)N1C(=O)OC. The second-order valence-corrected chi connectivity index (χ2v) is 4.88. The number of fused-ring (bicyclic) bond motifs is 3. The van der Waals surface area contributed by atoms with Crippen LogP contribution >= 0.6 is 0 Å². The molecule has 0 bridgehead atoms. The van der Waals surface area contributed by atoms with Crippen molar-refractivity contribution in [3.8, 4) is 0 Å². The van der Waals surface area contributed by atoms with Gasteiger partial charge >= 0.3 is 18.7 Å². The number of nitrogens with zero attached hydrogens (tertiary/aromatic N) is 1. The van der Waals surface area contributed by atoms with Gasteiger partial charge in [-0.2, -0.15) is 0 Å². The molecule has 1 unspecified atom stereocenters. The molecule has 7 heteroatoms. The third kappa shape index (κ3) is 2.71. The predicted molar refractivity (Wildman–Crippen MR) is 86.2 cm³/mol. The summed E-state index contributed by atoms with van der Waals surface area (Å²) >= 11 is 0. The van der Waals surface area contributed by atoms with Crippen LogP contribution in [-0.2, 0) is 18.9 Å². The third-order valence-electron chi connectivity index (χ3n) is 3.58. The molecule has 3 rings (SSSR count). The highest BCUT2D eigenvalue weighted by molar-refractivity contribution is 6.01. The number of rotatable bonds is 1. The van der Waals surface area contributed by atoms with Gasteiger partial charge in [0.05, 0.1) is 26.2 Å². The minimum Gasteiger partial charge on any atom is -0.452 e. The van der Waals surface area contributed by atoms with Gasteiger partial charge in [-0.05, 0) is 22.9 Å². The number of carbonyl (C=O) groups is 2. The lowest BCUT2D eigenvalue weighted by molar-refractivity contribution is -0.0795. The summed E-state index contributed by atoms with van der Waals surface area (Å²) in [5.41, 5.74) is 1.23. The Morgan fingerprint density at radius 1 is 1.08 bits per heavy atom. The minimum atomic E-state index is -1.34. The highest BCUT2D eigenvalue weighted by Crippen LogP contribution is 2.34. The fourth-order valence-corrected chi connectivity index (χ4v) is 2.51. The van der Waals surface area contributed by atoms with Crippen molar-refractivity contribution >= 4 is 34.8 Å². The maximum absolute atomic E-state index is 12.3. The van der Waals surface area contributed by atoms with E-state index in [1.54, 1.807) is 12.1 Å². The average molecular weight is 329 g/mol. The van der Waals surface area contributed by atoms with Crippen LogP contribution in [0, 0.1) is 0 Å². The van der Waals surface area contributed by atoms with E-state index in [1.807, 2.05) is 30.3 Å². The van der Waals surface area contributed by atoms with Gasteiger partial charge in [0.1, 0.15) is 0 Å². The Labute approximate surface area is 138 Å². The molecular formula is C17H15NO6. The monoisotopic (exact) mass is 329 g/mol. The molecule has 2 aromatic rings. The topological polar surface area (TPSA) is 74.3 Å². The largest absolute Gasteiger partial charge is 0.512 e. The quantitative estimate of drug-likeness (QED) is 0.746. The Kier molecular flexibility index (Phi) is 4.24. The Morgan fingerprint density at radius 3 is 2.62 bits per heavy atom. The molecule has 7 nitrogen and oxygen atoms in total. The van der Waals surface area contributed by atoms with Crippen LogP contribution in [0.25, 0.3) is 16.8 Å². The van der Waals surface area contributed by atoms with Crippen molar-refractivity contribution in [3.05, 3.63) is 48.2 Å². The number of carbonyl (C=O) groups excluding carboxylic acids is 2. The molecule has 0 fully saturated rings. The second kappa shape index (κ2) is 6.49.